The van der Waals surface area contributed by atoms with E-state index < -0.39 is 17.2 Å². The molecule has 3 N–H and O–H groups in total. The molecule has 0 saturated heterocycles. The second-order valence-electron chi connectivity index (χ2n) is 3.96. The maximum atomic E-state index is 11.6. The second-order valence-corrected chi connectivity index (χ2v) is 5.71. The molecule has 1 heterocycles. The monoisotopic (exact) mass is 326 g/mol. The van der Waals surface area contributed by atoms with Crippen molar-refractivity contribution in [1.29, 1.82) is 0 Å². The molecule has 3 amide bonds. The molecule has 1 atom stereocenters. The third kappa shape index (κ3) is 3.92. The Morgan fingerprint density at radius 1 is 1.38 bits per heavy atom. The van der Waals surface area contributed by atoms with Gasteiger partial charge in [-0.3, -0.25) is 10.1 Å². The second kappa shape index (κ2) is 6.55. The molecule has 0 aliphatic heterocycles. The van der Waals surface area contributed by atoms with E-state index in [9.17, 15) is 9.59 Å². The zero-order chi connectivity index (χ0) is 15.4. The van der Waals surface area contributed by atoms with E-state index in [2.05, 4.69) is 15.5 Å². The zero-order valence-corrected chi connectivity index (χ0v) is 12.4. The lowest BCUT2D eigenvalue weighted by Gasteiger charge is -2.09. The number of nitrogens with two attached hydrogens (primary N) is 1. The number of carbonyl (C=O) groups is 2. The van der Waals surface area contributed by atoms with E-state index >= 15 is 0 Å². The Bertz CT molecular complexity index is 659. The summed E-state index contributed by atoms with van der Waals surface area (Å²) in [6.45, 7) is 1.61. The molecule has 0 fully saturated rings. The summed E-state index contributed by atoms with van der Waals surface area (Å²) in [6, 6.07) is 6.00. The minimum Gasteiger partial charge on any atom is -0.351 e. The van der Waals surface area contributed by atoms with Crippen molar-refractivity contribution >= 4 is 35.3 Å². The maximum absolute atomic E-state index is 11.6. The smallest absolute Gasteiger partial charge is 0.318 e. The van der Waals surface area contributed by atoms with E-state index in [4.69, 9.17) is 17.3 Å². The average Bonchev–Trinajstić information content (AvgIpc) is 2.87. The molecule has 0 saturated carbocycles. The minimum atomic E-state index is -0.898. The molecule has 0 aliphatic carbocycles. The summed E-state index contributed by atoms with van der Waals surface area (Å²) in [7, 11) is 0. The van der Waals surface area contributed by atoms with Crippen molar-refractivity contribution < 1.29 is 9.59 Å². The minimum absolute atomic E-state index is 0.407. The van der Waals surface area contributed by atoms with E-state index in [-0.39, 0.29) is 0 Å². The molecule has 8 nitrogen and oxygen atoms in total. The number of benzene rings is 1. The number of thioether (sulfide) groups is 1. The van der Waals surface area contributed by atoms with Gasteiger partial charge in [-0.2, -0.15) is 4.68 Å². The van der Waals surface area contributed by atoms with Crippen LogP contribution in [-0.2, 0) is 4.79 Å². The van der Waals surface area contributed by atoms with Crippen LogP contribution in [0.3, 0.4) is 0 Å². The maximum Gasteiger partial charge on any atom is 0.318 e. The third-order valence-corrected chi connectivity index (χ3v) is 3.69. The van der Waals surface area contributed by atoms with Gasteiger partial charge in [-0.1, -0.05) is 23.4 Å². The van der Waals surface area contributed by atoms with Gasteiger partial charge in [0, 0.05) is 5.02 Å². The van der Waals surface area contributed by atoms with Crippen LogP contribution in [0.15, 0.2) is 29.4 Å². The fraction of sp³-hybridized carbons (Fsp3) is 0.182. The molecule has 0 radical (unpaired) electrons. The van der Waals surface area contributed by atoms with Gasteiger partial charge in [0.2, 0.25) is 11.1 Å². The Kier molecular flexibility index (Phi) is 4.76. The third-order valence-electron chi connectivity index (χ3n) is 2.41. The number of rotatable bonds is 4. The number of halogens is 1. The van der Waals surface area contributed by atoms with Gasteiger partial charge in [0.25, 0.3) is 0 Å². The van der Waals surface area contributed by atoms with Crippen LogP contribution in [-0.4, -0.2) is 37.4 Å². The van der Waals surface area contributed by atoms with Crippen LogP contribution in [0.5, 0.6) is 0 Å². The predicted octanol–water partition coefficient (Wildman–Crippen LogP) is 0.991. The van der Waals surface area contributed by atoms with Crippen molar-refractivity contribution in [2.45, 2.75) is 17.3 Å². The Labute approximate surface area is 129 Å². The van der Waals surface area contributed by atoms with Crippen LogP contribution in [0.4, 0.5) is 4.79 Å². The van der Waals surface area contributed by atoms with E-state index in [0.717, 1.165) is 11.8 Å². The number of imide groups is 1. The van der Waals surface area contributed by atoms with Gasteiger partial charge in [0.05, 0.1) is 10.9 Å². The molecule has 0 bridgehead atoms. The average molecular weight is 327 g/mol. The van der Waals surface area contributed by atoms with Gasteiger partial charge in [-0.15, -0.1) is 5.10 Å². The highest BCUT2D eigenvalue weighted by Gasteiger charge is 2.20. The lowest BCUT2D eigenvalue weighted by molar-refractivity contribution is -0.119. The van der Waals surface area contributed by atoms with Gasteiger partial charge in [-0.25, -0.2) is 4.79 Å². The van der Waals surface area contributed by atoms with Crippen LogP contribution in [0.25, 0.3) is 5.69 Å². The molecule has 10 heteroatoms. The summed E-state index contributed by atoms with van der Waals surface area (Å²) < 4.78 is 1.47. The first-order valence-electron chi connectivity index (χ1n) is 5.78. The molecule has 1 unspecified atom stereocenters. The summed E-state index contributed by atoms with van der Waals surface area (Å²) in [5.74, 6) is -0.516. The molecule has 21 heavy (non-hydrogen) atoms. The number of hydrogen-bond acceptors (Lipinski definition) is 6. The molecule has 1 aromatic carbocycles. The summed E-state index contributed by atoms with van der Waals surface area (Å²) in [4.78, 5) is 22.3. The zero-order valence-electron chi connectivity index (χ0n) is 10.9. The first-order valence-corrected chi connectivity index (χ1v) is 7.04. The molecule has 110 valence electrons. The molecule has 2 rings (SSSR count). The molecule has 0 spiro atoms. The lowest BCUT2D eigenvalue weighted by atomic mass is 10.3. The van der Waals surface area contributed by atoms with Gasteiger partial charge in [0.15, 0.2) is 0 Å². The number of hydrogen-bond donors (Lipinski definition) is 2. The fourth-order valence-corrected chi connectivity index (χ4v) is 2.37. The number of tetrazole rings is 1. The van der Waals surface area contributed by atoms with Crippen molar-refractivity contribution in [2.24, 2.45) is 5.73 Å². The van der Waals surface area contributed by atoms with Crippen LogP contribution < -0.4 is 11.1 Å². The van der Waals surface area contributed by atoms with E-state index in [0.29, 0.717) is 15.9 Å². The SMILES string of the molecule is CC(Sc1nnnn1-c1ccc(Cl)cc1)C(=O)NC(N)=O. The van der Waals surface area contributed by atoms with Crippen LogP contribution in [0.2, 0.25) is 5.02 Å². The quantitative estimate of drug-likeness (QED) is 0.809. The summed E-state index contributed by atoms with van der Waals surface area (Å²) in [6.07, 6.45) is 0. The van der Waals surface area contributed by atoms with Gasteiger partial charge >= 0.3 is 6.03 Å². The Morgan fingerprint density at radius 2 is 2.05 bits per heavy atom. The Balaban J connectivity index is 2.15. The first-order chi connectivity index (χ1) is 9.97. The van der Waals surface area contributed by atoms with Crippen LogP contribution in [0, 0.1) is 0 Å². The normalized spacial score (nSPS) is 11.9. The number of carbonyl (C=O) groups excluding carboxylic acids is 2. The highest BCUT2D eigenvalue weighted by Crippen LogP contribution is 2.23. The number of urea groups is 1. The van der Waals surface area contributed by atoms with E-state index in [1.54, 1.807) is 31.2 Å². The van der Waals surface area contributed by atoms with Crippen LogP contribution >= 0.6 is 23.4 Å². The number of nitrogens with zero attached hydrogens (tertiary/aromatic N) is 4. The number of primary amides is 1. The van der Waals surface area contributed by atoms with Gasteiger partial charge in [-0.05, 0) is 41.6 Å². The standard InChI is InChI=1S/C11H11ClN6O2S/c1-6(9(19)14-10(13)20)21-11-15-16-17-18(11)8-4-2-7(12)3-5-8/h2-6H,1H3,(H3,13,14,19,20). The van der Waals surface area contributed by atoms with Gasteiger partial charge in [0.1, 0.15) is 0 Å². The summed E-state index contributed by atoms with van der Waals surface area (Å²) >= 11 is 6.92. The summed E-state index contributed by atoms with van der Waals surface area (Å²) in [5.41, 5.74) is 5.60. The highest BCUT2D eigenvalue weighted by molar-refractivity contribution is 8.00. The van der Waals surface area contributed by atoms with Gasteiger partial charge < -0.3 is 5.73 Å². The Morgan fingerprint density at radius 3 is 2.67 bits per heavy atom. The molecule has 2 aromatic rings. The van der Waals surface area contributed by atoms with Crippen molar-refractivity contribution in [3.8, 4) is 5.69 Å². The lowest BCUT2D eigenvalue weighted by Crippen LogP contribution is -2.39. The fourth-order valence-electron chi connectivity index (χ4n) is 1.43. The first kappa shape index (κ1) is 15.3. The highest BCUT2D eigenvalue weighted by atomic mass is 35.5. The van der Waals surface area contributed by atoms with Crippen molar-refractivity contribution in [3.05, 3.63) is 29.3 Å². The van der Waals surface area contributed by atoms with E-state index in [1.807, 2.05) is 5.32 Å². The van der Waals surface area contributed by atoms with Crippen LogP contribution in [0.1, 0.15) is 6.92 Å². The molecule has 1 aromatic heterocycles. The number of amides is 3. The van der Waals surface area contributed by atoms with E-state index in [1.165, 1.54) is 4.68 Å². The molecule has 0 aliphatic rings. The van der Waals surface area contributed by atoms with Crippen molar-refractivity contribution in [1.82, 2.24) is 25.5 Å². The largest absolute Gasteiger partial charge is 0.351 e. The Hall–Kier alpha value is -2.13. The van der Waals surface area contributed by atoms with Crippen molar-refractivity contribution in [3.63, 3.8) is 0 Å². The predicted molar refractivity (Wildman–Crippen MR) is 77.2 cm³/mol. The van der Waals surface area contributed by atoms with Crippen molar-refractivity contribution in [2.75, 3.05) is 0 Å². The molecular formula is C11H11ClN6O2S. The summed E-state index contributed by atoms with van der Waals surface area (Å²) in [5, 5.41) is 13.7. The number of aromatic nitrogens is 4. The number of nitrogens with one attached hydrogen (secondary N) is 1. The topological polar surface area (TPSA) is 116 Å². The molecular weight excluding hydrogens is 316 g/mol.